The zero-order valence-electron chi connectivity index (χ0n) is 13.5. The Morgan fingerprint density at radius 2 is 2.17 bits per heavy atom. The first-order chi connectivity index (χ1) is 11.8. The van der Waals surface area contributed by atoms with Crippen LogP contribution in [0.1, 0.15) is 17.4 Å². The van der Waals surface area contributed by atoms with Crippen molar-refractivity contribution >= 4 is 11.6 Å². The Bertz CT molecular complexity index is 820. The SMILES string of the molecule is COCc1cc(N2CCOC(c3ccccc3)C2)n2ncnc2n1. The Balaban J connectivity index is 1.67. The quantitative estimate of drug-likeness (QED) is 0.729. The van der Waals surface area contributed by atoms with Gasteiger partial charge in [0.15, 0.2) is 0 Å². The lowest BCUT2D eigenvalue weighted by Gasteiger charge is -2.34. The van der Waals surface area contributed by atoms with Gasteiger partial charge in [0, 0.05) is 26.3 Å². The van der Waals surface area contributed by atoms with Crippen LogP contribution in [0, 0.1) is 0 Å². The highest BCUT2D eigenvalue weighted by Gasteiger charge is 2.24. The van der Waals surface area contributed by atoms with Crippen molar-refractivity contribution in [2.75, 3.05) is 31.7 Å². The molecule has 7 nitrogen and oxygen atoms in total. The molecule has 124 valence electrons. The molecule has 1 aromatic carbocycles. The van der Waals surface area contributed by atoms with Gasteiger partial charge >= 0.3 is 0 Å². The van der Waals surface area contributed by atoms with Crippen molar-refractivity contribution in [2.45, 2.75) is 12.7 Å². The lowest BCUT2D eigenvalue weighted by Crippen LogP contribution is -2.39. The fourth-order valence-electron chi connectivity index (χ4n) is 3.02. The highest BCUT2D eigenvalue weighted by atomic mass is 16.5. The topological polar surface area (TPSA) is 64.8 Å². The Morgan fingerprint density at radius 1 is 1.29 bits per heavy atom. The third kappa shape index (κ3) is 2.83. The van der Waals surface area contributed by atoms with E-state index >= 15 is 0 Å². The zero-order valence-corrected chi connectivity index (χ0v) is 13.5. The van der Waals surface area contributed by atoms with Crippen LogP contribution in [0.2, 0.25) is 0 Å². The predicted octanol–water partition coefficient (Wildman–Crippen LogP) is 1.85. The predicted molar refractivity (Wildman–Crippen MR) is 88.8 cm³/mol. The maximum absolute atomic E-state index is 5.96. The van der Waals surface area contributed by atoms with Crippen LogP contribution in [0.15, 0.2) is 42.7 Å². The Labute approximate surface area is 139 Å². The minimum absolute atomic E-state index is 0.0394. The van der Waals surface area contributed by atoms with Crippen molar-refractivity contribution in [3.63, 3.8) is 0 Å². The van der Waals surface area contributed by atoms with Gasteiger partial charge in [-0.05, 0) is 5.56 Å². The third-order valence-corrected chi connectivity index (χ3v) is 4.14. The van der Waals surface area contributed by atoms with Gasteiger partial charge in [-0.15, -0.1) is 0 Å². The van der Waals surface area contributed by atoms with Crippen LogP contribution in [-0.2, 0) is 16.1 Å². The number of hydrogen-bond donors (Lipinski definition) is 0. The number of anilines is 1. The first-order valence-corrected chi connectivity index (χ1v) is 7.95. The van der Waals surface area contributed by atoms with E-state index in [0.717, 1.165) is 24.6 Å². The molecule has 1 fully saturated rings. The molecule has 24 heavy (non-hydrogen) atoms. The minimum Gasteiger partial charge on any atom is -0.378 e. The number of methoxy groups -OCH3 is 1. The molecular formula is C17H19N5O2. The molecule has 1 saturated heterocycles. The molecule has 3 aromatic rings. The highest BCUT2D eigenvalue weighted by Crippen LogP contribution is 2.26. The van der Waals surface area contributed by atoms with Gasteiger partial charge < -0.3 is 14.4 Å². The van der Waals surface area contributed by atoms with E-state index in [-0.39, 0.29) is 6.10 Å². The second-order valence-corrected chi connectivity index (χ2v) is 5.73. The monoisotopic (exact) mass is 325 g/mol. The van der Waals surface area contributed by atoms with Crippen LogP contribution < -0.4 is 4.90 Å². The van der Waals surface area contributed by atoms with Crippen molar-refractivity contribution in [2.24, 2.45) is 0 Å². The fourth-order valence-corrected chi connectivity index (χ4v) is 3.02. The summed E-state index contributed by atoms with van der Waals surface area (Å²) in [4.78, 5) is 11.0. The standard InChI is InChI=1S/C17H19N5O2/c1-23-11-14-9-16(22-17(20-14)18-12-19-22)21-7-8-24-15(10-21)13-5-3-2-4-6-13/h2-6,9,12,15H,7-8,10-11H2,1H3. The summed E-state index contributed by atoms with van der Waals surface area (Å²) >= 11 is 0. The number of rotatable bonds is 4. The van der Waals surface area contributed by atoms with Gasteiger partial charge in [0.2, 0.25) is 0 Å². The number of fused-ring (bicyclic) bond motifs is 1. The van der Waals surface area contributed by atoms with E-state index in [1.165, 1.54) is 11.9 Å². The first-order valence-electron chi connectivity index (χ1n) is 7.95. The van der Waals surface area contributed by atoms with E-state index < -0.39 is 0 Å². The van der Waals surface area contributed by atoms with Crippen molar-refractivity contribution in [3.8, 4) is 0 Å². The average Bonchev–Trinajstić information content (AvgIpc) is 3.11. The third-order valence-electron chi connectivity index (χ3n) is 4.14. The molecule has 7 heteroatoms. The molecule has 0 spiro atoms. The van der Waals surface area contributed by atoms with E-state index in [0.29, 0.717) is 19.0 Å². The van der Waals surface area contributed by atoms with Gasteiger partial charge in [-0.3, -0.25) is 0 Å². The molecule has 1 atom stereocenters. The van der Waals surface area contributed by atoms with Crippen molar-refractivity contribution in [1.82, 2.24) is 19.6 Å². The summed E-state index contributed by atoms with van der Waals surface area (Å²) in [6, 6.07) is 12.3. The molecule has 1 unspecified atom stereocenters. The second-order valence-electron chi connectivity index (χ2n) is 5.73. The van der Waals surface area contributed by atoms with E-state index in [1.54, 1.807) is 11.6 Å². The zero-order chi connectivity index (χ0) is 16.4. The number of ether oxygens (including phenoxy) is 2. The number of aromatic nitrogens is 4. The number of nitrogens with zero attached hydrogens (tertiary/aromatic N) is 5. The van der Waals surface area contributed by atoms with Crippen LogP contribution >= 0.6 is 0 Å². The van der Waals surface area contributed by atoms with Crippen molar-refractivity contribution in [1.29, 1.82) is 0 Å². The van der Waals surface area contributed by atoms with E-state index in [2.05, 4.69) is 32.1 Å². The normalized spacial score (nSPS) is 18.2. The number of benzene rings is 1. The van der Waals surface area contributed by atoms with E-state index in [4.69, 9.17) is 9.47 Å². The maximum Gasteiger partial charge on any atom is 0.254 e. The van der Waals surface area contributed by atoms with Crippen LogP contribution in [0.4, 0.5) is 5.82 Å². The maximum atomic E-state index is 5.96. The molecule has 1 aliphatic rings. The molecule has 2 aromatic heterocycles. The summed E-state index contributed by atoms with van der Waals surface area (Å²) in [5, 5.41) is 4.31. The summed E-state index contributed by atoms with van der Waals surface area (Å²) < 4.78 is 13.0. The van der Waals surface area contributed by atoms with Crippen LogP contribution in [0.25, 0.3) is 5.78 Å². The Kier molecular flexibility index (Phi) is 4.10. The molecule has 0 amide bonds. The van der Waals surface area contributed by atoms with Gasteiger partial charge in [0.1, 0.15) is 18.2 Å². The molecule has 1 aliphatic heterocycles. The molecule has 4 rings (SSSR count). The van der Waals surface area contributed by atoms with E-state index in [1.807, 2.05) is 24.3 Å². The lowest BCUT2D eigenvalue weighted by atomic mass is 10.1. The number of morpholine rings is 1. The summed E-state index contributed by atoms with van der Waals surface area (Å²) in [5.74, 6) is 1.55. The van der Waals surface area contributed by atoms with Gasteiger partial charge in [-0.2, -0.15) is 14.6 Å². The van der Waals surface area contributed by atoms with Crippen LogP contribution in [0.5, 0.6) is 0 Å². The molecule has 0 radical (unpaired) electrons. The van der Waals surface area contributed by atoms with Gasteiger partial charge in [-0.25, -0.2) is 4.98 Å². The minimum atomic E-state index is 0.0394. The molecule has 0 bridgehead atoms. The van der Waals surface area contributed by atoms with Gasteiger partial charge in [-0.1, -0.05) is 30.3 Å². The summed E-state index contributed by atoms with van der Waals surface area (Å²) in [6.07, 6.45) is 1.56. The van der Waals surface area contributed by atoms with E-state index in [9.17, 15) is 0 Å². The second kappa shape index (κ2) is 6.54. The molecular weight excluding hydrogens is 306 g/mol. The molecule has 3 heterocycles. The Morgan fingerprint density at radius 3 is 3.00 bits per heavy atom. The first kappa shape index (κ1) is 15.0. The van der Waals surface area contributed by atoms with Gasteiger partial charge in [0.05, 0.1) is 18.9 Å². The molecule has 0 N–H and O–H groups in total. The van der Waals surface area contributed by atoms with Crippen LogP contribution in [-0.4, -0.2) is 46.4 Å². The number of hydrogen-bond acceptors (Lipinski definition) is 6. The summed E-state index contributed by atoms with van der Waals surface area (Å²) in [5.41, 5.74) is 2.03. The summed E-state index contributed by atoms with van der Waals surface area (Å²) in [6.45, 7) is 2.67. The smallest absolute Gasteiger partial charge is 0.254 e. The summed E-state index contributed by atoms with van der Waals surface area (Å²) in [7, 11) is 1.66. The van der Waals surface area contributed by atoms with Crippen molar-refractivity contribution < 1.29 is 9.47 Å². The molecule has 0 saturated carbocycles. The average molecular weight is 325 g/mol. The van der Waals surface area contributed by atoms with Crippen molar-refractivity contribution in [3.05, 3.63) is 54.0 Å². The molecule has 0 aliphatic carbocycles. The highest BCUT2D eigenvalue weighted by molar-refractivity contribution is 5.48. The Hall–Kier alpha value is -2.51. The van der Waals surface area contributed by atoms with Crippen LogP contribution in [0.3, 0.4) is 0 Å². The largest absolute Gasteiger partial charge is 0.378 e. The lowest BCUT2D eigenvalue weighted by molar-refractivity contribution is 0.0393. The van der Waals surface area contributed by atoms with Gasteiger partial charge in [0.25, 0.3) is 5.78 Å². The fraction of sp³-hybridized carbons (Fsp3) is 0.353.